The first kappa shape index (κ1) is 26.4. The monoisotopic (exact) mass is 571 g/mol. The largest absolute Gasteiger partial charge is 0.454 e. The Balaban J connectivity index is 1.46. The second-order valence-electron chi connectivity index (χ2n) is 9.80. The highest BCUT2D eigenvalue weighted by Gasteiger charge is 2.23. The lowest BCUT2D eigenvalue weighted by Crippen LogP contribution is -2.12. The van der Waals surface area contributed by atoms with Crippen molar-refractivity contribution in [2.75, 3.05) is 6.79 Å². The molecule has 0 N–H and O–H groups in total. The number of fused-ring (bicyclic) bond motifs is 1. The number of aromatic nitrogens is 1. The van der Waals surface area contributed by atoms with Crippen LogP contribution in [0.25, 0.3) is 11.3 Å². The van der Waals surface area contributed by atoms with Gasteiger partial charge < -0.3 is 9.47 Å². The Hall–Kier alpha value is -4.84. The summed E-state index contributed by atoms with van der Waals surface area (Å²) in [6.45, 7) is -0.0216. The highest BCUT2D eigenvalue weighted by atomic mass is 32.1. The van der Waals surface area contributed by atoms with Gasteiger partial charge in [0.1, 0.15) is 5.69 Å². The van der Waals surface area contributed by atoms with E-state index in [2.05, 4.69) is 22.2 Å². The highest BCUT2D eigenvalue weighted by molar-refractivity contribution is 7.07. The number of thiazole rings is 1. The number of ether oxygens (including phenoxy) is 2. The minimum absolute atomic E-state index is 0.0216. The van der Waals surface area contributed by atoms with E-state index in [-0.39, 0.29) is 29.4 Å². The summed E-state index contributed by atoms with van der Waals surface area (Å²) in [7, 11) is 0. The van der Waals surface area contributed by atoms with Crippen LogP contribution in [-0.4, -0.2) is 27.5 Å². The molecule has 208 valence electrons. The zero-order chi connectivity index (χ0) is 28.3. The van der Waals surface area contributed by atoms with E-state index in [4.69, 9.17) is 9.47 Å². The van der Waals surface area contributed by atoms with Crippen LogP contribution in [0.4, 0.5) is 17.1 Å². The molecule has 0 spiro atoms. The molecule has 1 saturated carbocycles. The van der Waals surface area contributed by atoms with E-state index in [1.54, 1.807) is 22.9 Å². The maximum atomic E-state index is 11.8. The van der Waals surface area contributed by atoms with Crippen LogP contribution in [0.15, 0.2) is 76.1 Å². The molecule has 12 heteroatoms. The van der Waals surface area contributed by atoms with E-state index in [1.165, 1.54) is 73.4 Å². The van der Waals surface area contributed by atoms with Crippen LogP contribution in [0.2, 0.25) is 0 Å². The molecule has 0 saturated heterocycles. The maximum absolute atomic E-state index is 11.8. The smallest absolute Gasteiger partial charge is 0.294 e. The average molecular weight is 572 g/mol. The van der Waals surface area contributed by atoms with E-state index in [1.807, 2.05) is 17.5 Å². The third kappa shape index (κ3) is 5.46. The maximum Gasteiger partial charge on any atom is 0.294 e. The lowest BCUT2D eigenvalue weighted by molar-refractivity contribution is -0.385. The van der Waals surface area contributed by atoms with Gasteiger partial charge in [-0.15, -0.1) is 11.3 Å². The SMILES string of the molecule is O=[N+]([O-])c1cc2c(cc1C=Nn1c(-c3ccc(C4CCCCC4)cc3)csc1=Nc1ccccc1[N+](=O)[O-])OCO2. The van der Waals surface area contributed by atoms with Gasteiger partial charge in [-0.2, -0.15) is 5.10 Å². The molecule has 0 unspecified atom stereocenters. The predicted octanol–water partition coefficient (Wildman–Crippen LogP) is 6.92. The van der Waals surface area contributed by atoms with Crippen molar-refractivity contribution in [3.8, 4) is 22.8 Å². The number of rotatable bonds is 7. The molecule has 1 aromatic heterocycles. The molecule has 2 heterocycles. The first-order chi connectivity index (χ1) is 20.0. The quantitative estimate of drug-likeness (QED) is 0.134. The Morgan fingerprint density at radius 3 is 2.34 bits per heavy atom. The van der Waals surface area contributed by atoms with Gasteiger partial charge in [0.15, 0.2) is 11.5 Å². The summed E-state index contributed by atoms with van der Waals surface area (Å²) in [6.07, 6.45) is 7.52. The fourth-order valence-electron chi connectivity index (χ4n) is 5.19. The van der Waals surface area contributed by atoms with Crippen molar-refractivity contribution in [3.63, 3.8) is 0 Å². The van der Waals surface area contributed by atoms with Gasteiger partial charge in [-0.05, 0) is 36.5 Å². The van der Waals surface area contributed by atoms with Crippen molar-refractivity contribution < 1.29 is 19.3 Å². The van der Waals surface area contributed by atoms with Gasteiger partial charge in [-0.3, -0.25) is 20.2 Å². The highest BCUT2D eigenvalue weighted by Crippen LogP contribution is 2.38. The summed E-state index contributed by atoms with van der Waals surface area (Å²) >= 11 is 1.27. The number of nitro benzene ring substituents is 2. The Kier molecular flexibility index (Phi) is 7.30. The van der Waals surface area contributed by atoms with Crippen LogP contribution >= 0.6 is 11.3 Å². The molecule has 4 aromatic rings. The summed E-state index contributed by atoms with van der Waals surface area (Å²) in [5.74, 6) is 1.24. The lowest BCUT2D eigenvalue weighted by atomic mass is 9.84. The summed E-state index contributed by atoms with van der Waals surface area (Å²) in [6, 6.07) is 17.4. The number of nitro groups is 2. The fourth-order valence-corrected chi connectivity index (χ4v) is 6.04. The number of benzene rings is 3. The van der Waals surface area contributed by atoms with Gasteiger partial charge in [0.25, 0.3) is 11.4 Å². The van der Waals surface area contributed by atoms with E-state index in [9.17, 15) is 20.2 Å². The molecule has 1 fully saturated rings. The first-order valence-corrected chi connectivity index (χ1v) is 14.1. The van der Waals surface area contributed by atoms with Crippen LogP contribution < -0.4 is 14.3 Å². The van der Waals surface area contributed by atoms with E-state index in [0.717, 1.165) is 5.56 Å². The van der Waals surface area contributed by atoms with Gasteiger partial charge in [0.2, 0.25) is 11.6 Å². The van der Waals surface area contributed by atoms with Gasteiger partial charge in [0, 0.05) is 17.0 Å². The molecule has 0 atom stereocenters. The zero-order valence-corrected chi connectivity index (χ0v) is 22.7. The van der Waals surface area contributed by atoms with Gasteiger partial charge in [-0.1, -0.05) is 55.7 Å². The second-order valence-corrected chi connectivity index (χ2v) is 10.6. The predicted molar refractivity (Wildman–Crippen MR) is 154 cm³/mol. The molecule has 1 aliphatic carbocycles. The first-order valence-electron chi connectivity index (χ1n) is 13.2. The van der Waals surface area contributed by atoms with Crippen LogP contribution in [0.3, 0.4) is 0 Å². The van der Waals surface area contributed by atoms with E-state index >= 15 is 0 Å². The minimum atomic E-state index is -0.509. The number of nitrogens with zero attached hydrogens (tertiary/aromatic N) is 5. The van der Waals surface area contributed by atoms with Crippen LogP contribution in [0.5, 0.6) is 11.5 Å². The molecule has 0 radical (unpaired) electrons. The van der Waals surface area contributed by atoms with Crippen molar-refractivity contribution in [1.82, 2.24) is 4.68 Å². The summed E-state index contributed by atoms with van der Waals surface area (Å²) in [4.78, 5) is 27.4. The Bertz CT molecular complexity index is 1720. The Morgan fingerprint density at radius 1 is 0.902 bits per heavy atom. The number of hydrogen-bond donors (Lipinski definition) is 0. The third-order valence-electron chi connectivity index (χ3n) is 7.29. The molecule has 0 bridgehead atoms. The molecule has 11 nitrogen and oxygen atoms in total. The second kappa shape index (κ2) is 11.3. The van der Waals surface area contributed by atoms with Crippen LogP contribution in [0.1, 0.15) is 49.1 Å². The molecular weight excluding hydrogens is 546 g/mol. The summed E-state index contributed by atoms with van der Waals surface area (Å²) in [5.41, 5.74) is 2.94. The molecule has 3 aromatic carbocycles. The Labute approximate surface area is 238 Å². The molecule has 0 amide bonds. The van der Waals surface area contributed by atoms with Gasteiger partial charge in [-0.25, -0.2) is 9.67 Å². The van der Waals surface area contributed by atoms with E-state index < -0.39 is 9.85 Å². The number of para-hydroxylation sites is 2. The molecule has 6 rings (SSSR count). The van der Waals surface area contributed by atoms with Crippen molar-refractivity contribution in [3.05, 3.63) is 102 Å². The van der Waals surface area contributed by atoms with Crippen molar-refractivity contribution in [1.29, 1.82) is 0 Å². The molecule has 1 aliphatic heterocycles. The summed E-state index contributed by atoms with van der Waals surface area (Å²) in [5, 5.41) is 29.9. The van der Waals surface area contributed by atoms with Gasteiger partial charge >= 0.3 is 0 Å². The Morgan fingerprint density at radius 2 is 1.61 bits per heavy atom. The van der Waals surface area contributed by atoms with Crippen molar-refractivity contribution >= 4 is 34.6 Å². The van der Waals surface area contributed by atoms with E-state index in [0.29, 0.717) is 27.9 Å². The third-order valence-corrected chi connectivity index (χ3v) is 8.11. The van der Waals surface area contributed by atoms with Crippen LogP contribution in [-0.2, 0) is 0 Å². The topological polar surface area (TPSA) is 134 Å². The zero-order valence-electron chi connectivity index (χ0n) is 21.8. The van der Waals surface area contributed by atoms with Crippen molar-refractivity contribution in [2.45, 2.75) is 38.0 Å². The van der Waals surface area contributed by atoms with Crippen LogP contribution in [0, 0.1) is 20.2 Å². The van der Waals surface area contributed by atoms with Crippen molar-refractivity contribution in [2.24, 2.45) is 10.1 Å². The fraction of sp³-hybridized carbons (Fsp3) is 0.241. The summed E-state index contributed by atoms with van der Waals surface area (Å²) < 4.78 is 12.3. The van der Waals surface area contributed by atoms with Gasteiger partial charge in [0.05, 0.1) is 33.4 Å². The number of hydrogen-bond acceptors (Lipinski definition) is 9. The average Bonchev–Trinajstić information content (AvgIpc) is 3.62. The molecule has 2 aliphatic rings. The molecule has 41 heavy (non-hydrogen) atoms. The lowest BCUT2D eigenvalue weighted by Gasteiger charge is -2.22. The normalized spacial score (nSPS) is 15.5. The standard InChI is InChI=1S/C29H25N5O6S/c35-33(36)24-9-5-4-8-23(24)31-29-32(30-16-22-14-27-28(40-18-39-27)15-25(22)34(37)38)26(17-41-29)21-12-10-20(11-13-21)19-6-2-1-3-7-19/h4-5,8-17,19H,1-3,6-7,18H2. The minimum Gasteiger partial charge on any atom is -0.454 e. The molecular formula is C29H25N5O6S.